The molecule has 2 aromatic carbocycles. The Balaban J connectivity index is 2.27. The number of aromatic amines is 1. The third kappa shape index (κ3) is 3.07. The van der Waals surface area contributed by atoms with E-state index in [0.29, 0.717) is 0 Å². The van der Waals surface area contributed by atoms with Gasteiger partial charge in [0.25, 0.3) is 5.56 Å². The van der Waals surface area contributed by atoms with Gasteiger partial charge in [0.1, 0.15) is 0 Å². The zero-order valence-electron chi connectivity index (χ0n) is 14.6. The highest BCUT2D eigenvalue weighted by molar-refractivity contribution is 5.67. The topological polar surface area (TPSA) is 37.8 Å². The van der Waals surface area contributed by atoms with Gasteiger partial charge in [-0.05, 0) is 44.4 Å². The van der Waals surface area contributed by atoms with E-state index in [9.17, 15) is 4.79 Å². The average molecular weight is 320 g/mol. The monoisotopic (exact) mass is 320 g/mol. The number of rotatable bonds is 5. The molecule has 0 amide bonds. The summed E-state index contributed by atoms with van der Waals surface area (Å²) in [7, 11) is 0. The molecule has 0 radical (unpaired) electrons. The van der Waals surface area contributed by atoms with Crippen LogP contribution in [0.5, 0.6) is 0 Å². The number of nitrogens with one attached hydrogen (secondary N) is 1. The number of aryl methyl sites for hydroxylation is 2. The zero-order chi connectivity index (χ0) is 17.1. The van der Waals surface area contributed by atoms with E-state index in [0.717, 1.165) is 47.3 Å². The second kappa shape index (κ2) is 6.91. The van der Waals surface area contributed by atoms with Gasteiger partial charge in [-0.2, -0.15) is 0 Å². The lowest BCUT2D eigenvalue weighted by Gasteiger charge is -2.13. The van der Waals surface area contributed by atoms with Crippen LogP contribution in [-0.4, -0.2) is 9.78 Å². The molecule has 0 spiro atoms. The summed E-state index contributed by atoms with van der Waals surface area (Å²) in [6, 6.07) is 16.5. The number of H-pyrrole nitrogens is 1. The Hall–Kier alpha value is -2.55. The van der Waals surface area contributed by atoms with Gasteiger partial charge in [-0.25, -0.2) is 0 Å². The maximum absolute atomic E-state index is 12.6. The first-order valence-electron chi connectivity index (χ1n) is 8.58. The van der Waals surface area contributed by atoms with Crippen LogP contribution < -0.4 is 5.56 Å². The van der Waals surface area contributed by atoms with Crippen LogP contribution in [-0.2, 0) is 6.42 Å². The lowest BCUT2D eigenvalue weighted by molar-refractivity contribution is 0.792. The highest BCUT2D eigenvalue weighted by Crippen LogP contribution is 2.27. The van der Waals surface area contributed by atoms with Crippen LogP contribution in [0.25, 0.3) is 16.9 Å². The average Bonchev–Trinajstić information content (AvgIpc) is 2.89. The summed E-state index contributed by atoms with van der Waals surface area (Å²) in [6.07, 6.45) is 2.88. The minimum absolute atomic E-state index is 0.0169. The van der Waals surface area contributed by atoms with Gasteiger partial charge >= 0.3 is 0 Å². The normalized spacial score (nSPS) is 11.0. The molecule has 1 N–H and O–H groups in total. The number of nitrogens with zero attached hydrogens (tertiary/aromatic N) is 1. The minimum atomic E-state index is 0.0169. The van der Waals surface area contributed by atoms with Gasteiger partial charge in [0.2, 0.25) is 0 Å². The van der Waals surface area contributed by atoms with Gasteiger partial charge in [0, 0.05) is 11.1 Å². The van der Waals surface area contributed by atoms with E-state index < -0.39 is 0 Å². The molecule has 3 rings (SSSR count). The Kier molecular flexibility index (Phi) is 4.70. The lowest BCUT2D eigenvalue weighted by atomic mass is 10.0. The van der Waals surface area contributed by atoms with Crippen molar-refractivity contribution >= 4 is 0 Å². The van der Waals surface area contributed by atoms with E-state index in [4.69, 9.17) is 0 Å². The van der Waals surface area contributed by atoms with Crippen LogP contribution in [0, 0.1) is 13.8 Å². The minimum Gasteiger partial charge on any atom is -0.268 e. The lowest BCUT2D eigenvalue weighted by Crippen LogP contribution is -2.07. The predicted molar refractivity (Wildman–Crippen MR) is 99.9 cm³/mol. The Morgan fingerprint density at radius 1 is 1.04 bits per heavy atom. The largest absolute Gasteiger partial charge is 0.268 e. The standard InChI is InChI=1S/C21H24N2O/c1-4-5-12-18-20(17-11-8-9-15(2)14-17)23(22-21(18)24)19-13-7-6-10-16(19)3/h6-11,13-14H,4-5,12H2,1-3H3,(H,22,24). The summed E-state index contributed by atoms with van der Waals surface area (Å²) in [5.41, 5.74) is 6.33. The Bertz CT molecular complexity index is 902. The van der Waals surface area contributed by atoms with Crippen LogP contribution in [0.1, 0.15) is 36.5 Å². The first-order chi connectivity index (χ1) is 11.6. The molecule has 0 fully saturated rings. The Labute approximate surface area is 143 Å². The van der Waals surface area contributed by atoms with E-state index in [1.165, 1.54) is 5.56 Å². The van der Waals surface area contributed by atoms with Crippen LogP contribution in [0.3, 0.4) is 0 Å². The maximum atomic E-state index is 12.6. The van der Waals surface area contributed by atoms with Gasteiger partial charge in [-0.1, -0.05) is 55.3 Å². The summed E-state index contributed by atoms with van der Waals surface area (Å²) in [5.74, 6) is 0. The third-order valence-corrected chi connectivity index (χ3v) is 4.43. The number of benzene rings is 2. The van der Waals surface area contributed by atoms with E-state index in [1.54, 1.807) is 0 Å². The molecule has 0 unspecified atom stereocenters. The van der Waals surface area contributed by atoms with Gasteiger partial charge in [0.15, 0.2) is 0 Å². The van der Waals surface area contributed by atoms with Crippen molar-refractivity contribution in [3.8, 4) is 16.9 Å². The fraction of sp³-hybridized carbons (Fsp3) is 0.286. The molecular weight excluding hydrogens is 296 g/mol. The summed E-state index contributed by atoms with van der Waals surface area (Å²) in [5, 5.41) is 3.06. The SMILES string of the molecule is CCCCc1c(-c2cccc(C)c2)n(-c2ccccc2C)[nH]c1=O. The van der Waals surface area contributed by atoms with Crippen molar-refractivity contribution < 1.29 is 0 Å². The van der Waals surface area contributed by atoms with Crippen molar-refractivity contribution in [2.75, 3.05) is 0 Å². The van der Waals surface area contributed by atoms with Crippen LogP contribution in [0.4, 0.5) is 0 Å². The molecule has 0 aliphatic heterocycles. The summed E-state index contributed by atoms with van der Waals surface area (Å²) < 4.78 is 1.96. The predicted octanol–water partition coefficient (Wildman–Crippen LogP) is 4.79. The molecule has 0 atom stereocenters. The zero-order valence-corrected chi connectivity index (χ0v) is 14.6. The summed E-state index contributed by atoms with van der Waals surface area (Å²) in [4.78, 5) is 12.6. The molecule has 124 valence electrons. The molecule has 0 bridgehead atoms. The van der Waals surface area contributed by atoms with E-state index in [1.807, 2.05) is 28.9 Å². The van der Waals surface area contributed by atoms with E-state index >= 15 is 0 Å². The second-order valence-electron chi connectivity index (χ2n) is 6.36. The van der Waals surface area contributed by atoms with Crippen LogP contribution >= 0.6 is 0 Å². The van der Waals surface area contributed by atoms with Crippen molar-refractivity contribution in [1.82, 2.24) is 9.78 Å². The van der Waals surface area contributed by atoms with Crippen molar-refractivity contribution in [3.63, 3.8) is 0 Å². The summed E-state index contributed by atoms with van der Waals surface area (Å²) in [6.45, 7) is 6.30. The van der Waals surface area contributed by atoms with Crippen LogP contribution in [0.2, 0.25) is 0 Å². The van der Waals surface area contributed by atoms with Crippen molar-refractivity contribution in [2.45, 2.75) is 40.0 Å². The molecule has 3 heteroatoms. The fourth-order valence-electron chi connectivity index (χ4n) is 3.14. The molecule has 0 aliphatic rings. The summed E-state index contributed by atoms with van der Waals surface area (Å²) >= 11 is 0. The molecule has 1 aromatic heterocycles. The number of unbranched alkanes of at least 4 members (excludes halogenated alkanes) is 1. The van der Waals surface area contributed by atoms with E-state index in [-0.39, 0.29) is 5.56 Å². The van der Waals surface area contributed by atoms with Crippen LogP contribution in [0.15, 0.2) is 53.3 Å². The number of para-hydroxylation sites is 1. The fourth-order valence-corrected chi connectivity index (χ4v) is 3.14. The van der Waals surface area contributed by atoms with Gasteiger partial charge < -0.3 is 0 Å². The first-order valence-corrected chi connectivity index (χ1v) is 8.58. The molecule has 24 heavy (non-hydrogen) atoms. The highest BCUT2D eigenvalue weighted by Gasteiger charge is 2.18. The Morgan fingerprint density at radius 2 is 1.83 bits per heavy atom. The molecule has 0 aliphatic carbocycles. The van der Waals surface area contributed by atoms with Gasteiger partial charge in [-0.3, -0.25) is 14.6 Å². The maximum Gasteiger partial charge on any atom is 0.268 e. The molecule has 3 aromatic rings. The highest BCUT2D eigenvalue weighted by atomic mass is 16.1. The van der Waals surface area contributed by atoms with Gasteiger partial charge in [0.05, 0.1) is 11.4 Å². The smallest absolute Gasteiger partial charge is 0.268 e. The van der Waals surface area contributed by atoms with E-state index in [2.05, 4.69) is 50.1 Å². The quantitative estimate of drug-likeness (QED) is 0.721. The number of aromatic nitrogens is 2. The molecule has 3 nitrogen and oxygen atoms in total. The van der Waals surface area contributed by atoms with Crippen molar-refractivity contribution in [3.05, 3.63) is 75.6 Å². The second-order valence-corrected chi connectivity index (χ2v) is 6.36. The molecule has 0 saturated carbocycles. The van der Waals surface area contributed by atoms with Crippen molar-refractivity contribution in [1.29, 1.82) is 0 Å². The molecule has 1 heterocycles. The Morgan fingerprint density at radius 3 is 2.54 bits per heavy atom. The molecule has 0 saturated heterocycles. The third-order valence-electron chi connectivity index (χ3n) is 4.43. The number of hydrogen-bond donors (Lipinski definition) is 1. The van der Waals surface area contributed by atoms with Gasteiger partial charge in [-0.15, -0.1) is 0 Å². The number of hydrogen-bond acceptors (Lipinski definition) is 1. The first kappa shape index (κ1) is 16.3. The van der Waals surface area contributed by atoms with Crippen molar-refractivity contribution in [2.24, 2.45) is 0 Å². The molecular formula is C21H24N2O.